The third-order valence-electron chi connectivity index (χ3n) is 25.6. The maximum absolute atomic E-state index is 12.3. The number of aliphatic hydroxyl groups excluding tert-OH is 4. The number of carbonyl (C=O) groups is 4. The standard InChI is InChI=1S/4C15H24O4/c1-8(2)15-6-5-14(3,12(18-4)11(15)16)10-9(15)7-19-13(10)17;1-8(2)15-6-5-14(3,11(16)12(15)18-4)10-9(15)7-19-13(10)17;1-8(2)15-6-5-14(3,12(18-4)11(15)16)9-7-19-13(17)10(9)15;1-8(2)15-6-5-14(3,11(16)12(15)18-4)9-7-19-13(17)10(9)15/h4*8-12,16H,5-7H2,1-4H3. The number of cyclic esters (lactones) is 4. The molecule has 4 heterocycles. The van der Waals surface area contributed by atoms with Gasteiger partial charge in [-0.1, -0.05) is 83.1 Å². The summed E-state index contributed by atoms with van der Waals surface area (Å²) in [4.78, 5) is 48.8. The van der Waals surface area contributed by atoms with Crippen LogP contribution in [-0.4, -0.2) is 148 Å². The van der Waals surface area contributed by atoms with Crippen LogP contribution >= 0.6 is 0 Å². The van der Waals surface area contributed by atoms with Gasteiger partial charge in [0.15, 0.2) is 0 Å². The first-order valence-electron chi connectivity index (χ1n) is 29.1. The van der Waals surface area contributed by atoms with Crippen molar-refractivity contribution >= 4 is 23.9 Å². The Morgan fingerprint density at radius 2 is 0.658 bits per heavy atom. The van der Waals surface area contributed by atoms with Crippen LogP contribution in [0.1, 0.15) is 134 Å². The minimum atomic E-state index is -0.583. The number of carbonyl (C=O) groups excluding carboxylic acids is 4. The molecular weight excluding hydrogens is 977 g/mol. The molecule has 12 saturated carbocycles. The third-order valence-corrected chi connectivity index (χ3v) is 25.6. The topological polar surface area (TPSA) is 223 Å². The Kier molecular flexibility index (Phi) is 15.0. The molecule has 16 nitrogen and oxygen atoms in total. The smallest absolute Gasteiger partial charge is 0.310 e. The molecule has 0 aromatic rings. The number of rotatable bonds is 8. The third kappa shape index (κ3) is 7.26. The Labute approximate surface area is 452 Å². The molecule has 0 aromatic heterocycles. The van der Waals surface area contributed by atoms with Crippen LogP contribution in [0.5, 0.6) is 0 Å². The van der Waals surface area contributed by atoms with Crippen LogP contribution in [0.15, 0.2) is 0 Å². The molecule has 4 N–H and O–H groups in total. The summed E-state index contributed by atoms with van der Waals surface area (Å²) < 4.78 is 44.0. The molecule has 24 unspecified atom stereocenters. The predicted molar refractivity (Wildman–Crippen MR) is 277 cm³/mol. The maximum Gasteiger partial charge on any atom is 0.310 e. The van der Waals surface area contributed by atoms with E-state index in [4.69, 9.17) is 37.9 Å². The Morgan fingerprint density at radius 3 is 1.14 bits per heavy atom. The second-order valence-electron chi connectivity index (χ2n) is 28.4. The maximum atomic E-state index is 12.3. The van der Waals surface area contributed by atoms with Gasteiger partial charge in [0, 0.05) is 95.4 Å². The summed E-state index contributed by atoms with van der Waals surface area (Å²) in [5, 5.41) is 43.3. The molecule has 0 amide bonds. The average Bonchev–Trinajstić information content (AvgIpc) is 4.21. The van der Waals surface area contributed by atoms with E-state index in [2.05, 4.69) is 76.2 Å². The fourth-order valence-corrected chi connectivity index (χ4v) is 21.0. The summed E-state index contributed by atoms with van der Waals surface area (Å²) in [6.07, 6.45) is 4.44. The van der Waals surface area contributed by atoms with Crippen molar-refractivity contribution in [2.24, 2.45) is 114 Å². The van der Waals surface area contributed by atoms with Gasteiger partial charge in [0.25, 0.3) is 0 Å². The van der Waals surface area contributed by atoms with Gasteiger partial charge in [0.2, 0.25) is 0 Å². The van der Waals surface area contributed by atoms with E-state index < -0.39 is 29.8 Å². The summed E-state index contributed by atoms with van der Waals surface area (Å²) in [7, 11) is 6.63. The normalized spacial score (nSPS) is 52.4. The number of methoxy groups -OCH3 is 4. The van der Waals surface area contributed by atoms with Crippen molar-refractivity contribution in [1.29, 1.82) is 0 Å². The fourth-order valence-electron chi connectivity index (χ4n) is 21.0. The van der Waals surface area contributed by atoms with E-state index in [1.54, 1.807) is 28.4 Å². The second kappa shape index (κ2) is 19.6. The molecule has 0 radical (unpaired) electrons. The Hall–Kier alpha value is -2.44. The van der Waals surface area contributed by atoms with Crippen LogP contribution in [-0.2, 0) is 57.1 Å². The van der Waals surface area contributed by atoms with E-state index >= 15 is 0 Å². The summed E-state index contributed by atoms with van der Waals surface area (Å²) in [5.41, 5.74) is -2.12. The number of esters is 4. The van der Waals surface area contributed by atoms with Gasteiger partial charge in [-0.2, -0.15) is 0 Å². The van der Waals surface area contributed by atoms with Crippen LogP contribution in [0, 0.1) is 114 Å². The van der Waals surface area contributed by atoms with E-state index in [9.17, 15) is 39.6 Å². The molecule has 8 bridgehead atoms. The average molecular weight is 1070 g/mol. The number of ether oxygens (including phenoxy) is 8. The van der Waals surface area contributed by atoms with E-state index in [1.807, 2.05) is 6.92 Å². The highest BCUT2D eigenvalue weighted by Gasteiger charge is 2.76. The fraction of sp³-hybridized carbons (Fsp3) is 0.933. The van der Waals surface area contributed by atoms with Crippen molar-refractivity contribution in [3.8, 4) is 0 Å². The lowest BCUT2D eigenvalue weighted by Crippen LogP contribution is -2.70. The number of hydrogen-bond donors (Lipinski definition) is 4. The molecule has 24 atom stereocenters. The lowest BCUT2D eigenvalue weighted by molar-refractivity contribution is -0.260. The van der Waals surface area contributed by atoms with E-state index in [0.717, 1.165) is 51.4 Å². The van der Waals surface area contributed by atoms with Gasteiger partial charge in [-0.15, -0.1) is 0 Å². The van der Waals surface area contributed by atoms with Gasteiger partial charge in [0.05, 0.1) is 98.9 Å². The van der Waals surface area contributed by atoms with Crippen molar-refractivity contribution in [2.45, 2.75) is 183 Å². The van der Waals surface area contributed by atoms with Gasteiger partial charge in [-0.05, 0) is 75.0 Å². The van der Waals surface area contributed by atoms with Crippen molar-refractivity contribution in [3.63, 3.8) is 0 Å². The highest BCUT2D eigenvalue weighted by Crippen LogP contribution is 2.71. The molecule has 12 aliphatic carbocycles. The molecule has 16 aliphatic rings. The predicted octanol–water partition coefficient (Wildman–Crippen LogP) is 6.43. The summed E-state index contributed by atoms with van der Waals surface area (Å²) in [5.74, 6) is 0.890. The molecule has 0 spiro atoms. The molecule has 0 aromatic carbocycles. The largest absolute Gasteiger partial charge is 0.465 e. The molecule has 16 fully saturated rings. The Balaban J connectivity index is 0.000000124. The van der Waals surface area contributed by atoms with Gasteiger partial charge in [-0.3, -0.25) is 19.2 Å². The Morgan fingerprint density at radius 1 is 0.355 bits per heavy atom. The van der Waals surface area contributed by atoms with Crippen LogP contribution < -0.4 is 0 Å². The zero-order chi connectivity index (χ0) is 56.0. The summed E-state index contributed by atoms with van der Waals surface area (Å²) >= 11 is 0. The van der Waals surface area contributed by atoms with Gasteiger partial charge >= 0.3 is 23.9 Å². The molecule has 4 saturated heterocycles. The number of fused-ring (bicyclic) bond motifs is 8. The van der Waals surface area contributed by atoms with Crippen LogP contribution in [0.3, 0.4) is 0 Å². The van der Waals surface area contributed by atoms with Gasteiger partial charge in [-0.25, -0.2) is 0 Å². The quantitative estimate of drug-likeness (QED) is 0.152. The molecule has 16 heteroatoms. The second-order valence-corrected chi connectivity index (χ2v) is 28.4. The minimum Gasteiger partial charge on any atom is -0.465 e. The van der Waals surface area contributed by atoms with Crippen molar-refractivity contribution < 1.29 is 77.5 Å². The first kappa shape index (κ1) is 58.2. The van der Waals surface area contributed by atoms with Crippen molar-refractivity contribution in [1.82, 2.24) is 0 Å². The van der Waals surface area contributed by atoms with Crippen LogP contribution in [0.25, 0.3) is 0 Å². The summed E-state index contributed by atoms with van der Waals surface area (Å²) in [6.45, 7) is 27.4. The number of aliphatic hydroxyl groups is 4. The Bertz CT molecular complexity index is 2240. The van der Waals surface area contributed by atoms with E-state index in [-0.39, 0.29) is 145 Å². The molecule has 4 aliphatic heterocycles. The van der Waals surface area contributed by atoms with Gasteiger partial charge < -0.3 is 58.3 Å². The van der Waals surface area contributed by atoms with Crippen LogP contribution in [0.2, 0.25) is 0 Å². The lowest BCUT2D eigenvalue weighted by atomic mass is 9.41. The highest BCUT2D eigenvalue weighted by molar-refractivity contribution is 5.79. The highest BCUT2D eigenvalue weighted by atomic mass is 16.6. The van der Waals surface area contributed by atoms with Gasteiger partial charge in [0.1, 0.15) is 0 Å². The lowest BCUT2D eigenvalue weighted by Gasteiger charge is -2.64. The molecule has 432 valence electrons. The zero-order valence-electron chi connectivity index (χ0n) is 48.7. The first-order chi connectivity index (χ1) is 35.6. The zero-order valence-corrected chi connectivity index (χ0v) is 48.7. The first-order valence-corrected chi connectivity index (χ1v) is 29.1. The van der Waals surface area contributed by atoms with Crippen molar-refractivity contribution in [2.75, 3.05) is 54.9 Å². The van der Waals surface area contributed by atoms with Crippen molar-refractivity contribution in [3.05, 3.63) is 0 Å². The molecular formula is C60H96O16. The van der Waals surface area contributed by atoms with E-state index in [0.29, 0.717) is 38.3 Å². The molecule has 76 heavy (non-hydrogen) atoms. The monoisotopic (exact) mass is 1070 g/mol. The SMILES string of the molecule is COC1C(O)C2(C(C)C)CCC1(C)C1C(=O)OCC12.COC1C(O)C2(C(C)C)CCC1(C)C1COC(=O)C12.COC1C(O)C2(C)CCC1(C(C)C)C1C(=O)OCC12.COC1C(O)C2(C)CCC1(C(C)C)C1COC(=O)C12. The minimum absolute atomic E-state index is 0.0847. The summed E-state index contributed by atoms with van der Waals surface area (Å²) in [6, 6.07) is 0. The molecule has 16 rings (SSSR count). The number of hydrogen-bond acceptors (Lipinski definition) is 16. The van der Waals surface area contributed by atoms with Crippen LogP contribution in [0.4, 0.5) is 0 Å². The van der Waals surface area contributed by atoms with E-state index in [1.165, 1.54) is 0 Å².